The van der Waals surface area contributed by atoms with Crippen LogP contribution in [0.2, 0.25) is 0 Å². The molecule has 1 aromatic carbocycles. The van der Waals surface area contributed by atoms with E-state index in [-0.39, 0.29) is 24.6 Å². The number of benzene rings is 1. The van der Waals surface area contributed by atoms with Gasteiger partial charge in [-0.3, -0.25) is 9.69 Å². The Morgan fingerprint density at radius 2 is 1.82 bits per heavy atom. The number of halogens is 3. The summed E-state index contributed by atoms with van der Waals surface area (Å²) in [7, 11) is 1.68. The molecule has 0 spiro atoms. The van der Waals surface area contributed by atoms with Crippen LogP contribution in [0.4, 0.5) is 13.2 Å². The predicted molar refractivity (Wildman–Crippen MR) is 78.2 cm³/mol. The summed E-state index contributed by atoms with van der Waals surface area (Å²) in [6, 6.07) is 5.51. The molecule has 1 aliphatic rings. The summed E-state index contributed by atoms with van der Waals surface area (Å²) < 4.78 is 38.9. The molecule has 1 aliphatic heterocycles. The highest BCUT2D eigenvalue weighted by molar-refractivity contribution is 5.78. The summed E-state index contributed by atoms with van der Waals surface area (Å²) in [5, 5.41) is 0. The van der Waals surface area contributed by atoms with Crippen LogP contribution in [-0.4, -0.2) is 42.4 Å². The zero-order chi connectivity index (χ0) is 16.2. The molecule has 0 aliphatic carbocycles. The molecule has 1 fully saturated rings. The van der Waals surface area contributed by atoms with Crippen LogP contribution in [0.5, 0.6) is 0 Å². The van der Waals surface area contributed by atoms with Gasteiger partial charge in [0.2, 0.25) is 5.91 Å². The number of carbonyl (C=O) groups excluding carboxylic acids is 1. The van der Waals surface area contributed by atoms with E-state index in [0.717, 1.165) is 38.4 Å². The maximum Gasteiger partial charge on any atom is 0.416 e. The SMILES string of the molecule is CN(CC(=O)N1CCCCC1)Cc1ccccc1C(F)(F)F. The number of nitrogens with zero attached hydrogens (tertiary/aromatic N) is 2. The molecule has 0 aromatic heterocycles. The molecule has 3 nitrogen and oxygen atoms in total. The molecule has 0 bridgehead atoms. The standard InChI is InChI=1S/C16H21F3N2O/c1-20(12-15(22)21-9-5-2-6-10-21)11-13-7-3-4-8-14(13)16(17,18)19/h3-4,7-8H,2,5-6,9-12H2,1H3. The first-order valence-corrected chi connectivity index (χ1v) is 7.49. The average molecular weight is 314 g/mol. The third-order valence-electron chi connectivity index (χ3n) is 3.88. The van der Waals surface area contributed by atoms with Gasteiger partial charge in [-0.1, -0.05) is 18.2 Å². The molecule has 0 radical (unpaired) electrons. The number of carbonyl (C=O) groups is 1. The van der Waals surface area contributed by atoms with Gasteiger partial charge in [-0.25, -0.2) is 0 Å². The Morgan fingerprint density at radius 1 is 1.18 bits per heavy atom. The number of likely N-dealkylation sites (tertiary alicyclic amines) is 1. The van der Waals surface area contributed by atoms with E-state index in [1.807, 2.05) is 0 Å². The molecule has 0 unspecified atom stereocenters. The second kappa shape index (κ2) is 7.13. The van der Waals surface area contributed by atoms with Gasteiger partial charge >= 0.3 is 6.18 Å². The van der Waals surface area contributed by atoms with Crippen LogP contribution in [-0.2, 0) is 17.5 Å². The number of likely N-dealkylation sites (N-methyl/N-ethyl adjacent to an activating group) is 1. The number of alkyl halides is 3. The fourth-order valence-corrected chi connectivity index (χ4v) is 2.76. The van der Waals surface area contributed by atoms with Crippen molar-refractivity contribution in [1.29, 1.82) is 0 Å². The van der Waals surface area contributed by atoms with Crippen LogP contribution >= 0.6 is 0 Å². The molecular formula is C16H21F3N2O. The molecule has 1 saturated heterocycles. The predicted octanol–water partition coefficient (Wildman–Crippen LogP) is 3.15. The molecule has 1 amide bonds. The van der Waals surface area contributed by atoms with Gasteiger partial charge in [-0.2, -0.15) is 13.2 Å². The van der Waals surface area contributed by atoms with Crippen molar-refractivity contribution in [3.63, 3.8) is 0 Å². The van der Waals surface area contributed by atoms with Gasteiger partial charge in [0, 0.05) is 19.6 Å². The van der Waals surface area contributed by atoms with Crippen LogP contribution < -0.4 is 0 Å². The number of hydrogen-bond donors (Lipinski definition) is 0. The molecule has 2 rings (SSSR count). The molecule has 122 valence electrons. The lowest BCUT2D eigenvalue weighted by atomic mass is 10.1. The first kappa shape index (κ1) is 16.8. The Hall–Kier alpha value is -1.56. The monoisotopic (exact) mass is 314 g/mol. The van der Waals surface area contributed by atoms with Gasteiger partial charge in [0.15, 0.2) is 0 Å². The first-order valence-electron chi connectivity index (χ1n) is 7.49. The van der Waals surface area contributed by atoms with E-state index in [9.17, 15) is 18.0 Å². The fourth-order valence-electron chi connectivity index (χ4n) is 2.76. The largest absolute Gasteiger partial charge is 0.416 e. The summed E-state index contributed by atoms with van der Waals surface area (Å²) in [5.41, 5.74) is -0.434. The lowest BCUT2D eigenvalue weighted by Crippen LogP contribution is -2.41. The van der Waals surface area contributed by atoms with Crippen LogP contribution in [0.15, 0.2) is 24.3 Å². The van der Waals surface area contributed by atoms with E-state index >= 15 is 0 Å². The van der Waals surface area contributed by atoms with Gasteiger partial charge in [-0.05, 0) is 37.9 Å². The van der Waals surface area contributed by atoms with Crippen molar-refractivity contribution >= 4 is 5.91 Å². The molecular weight excluding hydrogens is 293 g/mol. The second-order valence-corrected chi connectivity index (χ2v) is 5.77. The quantitative estimate of drug-likeness (QED) is 0.852. The minimum atomic E-state index is -4.37. The molecule has 0 N–H and O–H groups in total. The molecule has 1 aromatic rings. The van der Waals surface area contributed by atoms with Crippen LogP contribution in [0, 0.1) is 0 Å². The Morgan fingerprint density at radius 3 is 2.45 bits per heavy atom. The van der Waals surface area contributed by atoms with Crippen molar-refractivity contribution in [3.8, 4) is 0 Å². The number of piperidine rings is 1. The summed E-state index contributed by atoms with van der Waals surface area (Å²) in [6.07, 6.45) is -1.22. The Bertz CT molecular complexity index is 510. The third kappa shape index (κ3) is 4.47. The number of amides is 1. The molecule has 0 saturated carbocycles. The summed E-state index contributed by atoms with van der Waals surface area (Å²) >= 11 is 0. The lowest BCUT2D eigenvalue weighted by Gasteiger charge is -2.29. The Labute approximate surface area is 128 Å². The van der Waals surface area contributed by atoms with Crippen LogP contribution in [0.3, 0.4) is 0 Å². The Kier molecular flexibility index (Phi) is 5.45. The normalized spacial score (nSPS) is 16.1. The minimum absolute atomic E-state index is 0.00769. The molecule has 1 heterocycles. The van der Waals surface area contributed by atoms with Gasteiger partial charge in [0.25, 0.3) is 0 Å². The zero-order valence-corrected chi connectivity index (χ0v) is 12.7. The smallest absolute Gasteiger partial charge is 0.342 e. The van der Waals surface area contributed by atoms with Gasteiger partial charge in [0.05, 0.1) is 12.1 Å². The maximum atomic E-state index is 13.0. The summed E-state index contributed by atoms with van der Waals surface area (Å²) in [6.45, 7) is 1.76. The lowest BCUT2D eigenvalue weighted by molar-refractivity contribution is -0.138. The van der Waals surface area contributed by atoms with E-state index in [1.54, 1.807) is 22.9 Å². The maximum absolute atomic E-state index is 13.0. The molecule has 22 heavy (non-hydrogen) atoms. The van der Waals surface area contributed by atoms with Crippen LogP contribution in [0.25, 0.3) is 0 Å². The van der Waals surface area contributed by atoms with Crippen molar-refractivity contribution in [1.82, 2.24) is 9.80 Å². The zero-order valence-electron chi connectivity index (χ0n) is 12.7. The average Bonchev–Trinajstić information content (AvgIpc) is 2.47. The van der Waals surface area contributed by atoms with E-state index < -0.39 is 11.7 Å². The van der Waals surface area contributed by atoms with Crippen molar-refractivity contribution < 1.29 is 18.0 Å². The van der Waals surface area contributed by atoms with Crippen molar-refractivity contribution in [2.45, 2.75) is 32.0 Å². The molecule has 0 atom stereocenters. The second-order valence-electron chi connectivity index (χ2n) is 5.77. The van der Waals surface area contributed by atoms with E-state index in [2.05, 4.69) is 0 Å². The molecule has 6 heteroatoms. The number of hydrogen-bond acceptors (Lipinski definition) is 2. The third-order valence-corrected chi connectivity index (χ3v) is 3.88. The number of rotatable bonds is 4. The Balaban J connectivity index is 1.97. The van der Waals surface area contributed by atoms with Crippen molar-refractivity contribution in [2.75, 3.05) is 26.7 Å². The summed E-state index contributed by atoms with van der Waals surface area (Å²) in [4.78, 5) is 15.6. The minimum Gasteiger partial charge on any atom is -0.342 e. The van der Waals surface area contributed by atoms with E-state index in [4.69, 9.17) is 0 Å². The first-order chi connectivity index (χ1) is 10.4. The highest BCUT2D eigenvalue weighted by atomic mass is 19.4. The van der Waals surface area contributed by atoms with Crippen molar-refractivity contribution in [3.05, 3.63) is 35.4 Å². The van der Waals surface area contributed by atoms with E-state index in [0.29, 0.717) is 0 Å². The van der Waals surface area contributed by atoms with Gasteiger partial charge < -0.3 is 4.90 Å². The van der Waals surface area contributed by atoms with Gasteiger partial charge in [-0.15, -0.1) is 0 Å². The van der Waals surface area contributed by atoms with Crippen LogP contribution in [0.1, 0.15) is 30.4 Å². The van der Waals surface area contributed by atoms with E-state index in [1.165, 1.54) is 12.1 Å². The summed E-state index contributed by atoms with van der Waals surface area (Å²) in [5.74, 6) is -0.00769. The topological polar surface area (TPSA) is 23.6 Å². The van der Waals surface area contributed by atoms with Gasteiger partial charge in [0.1, 0.15) is 0 Å². The fraction of sp³-hybridized carbons (Fsp3) is 0.562. The highest BCUT2D eigenvalue weighted by Gasteiger charge is 2.33. The highest BCUT2D eigenvalue weighted by Crippen LogP contribution is 2.32. The van der Waals surface area contributed by atoms with Crippen molar-refractivity contribution in [2.24, 2.45) is 0 Å².